The van der Waals surface area contributed by atoms with Gasteiger partial charge in [0, 0.05) is 19.6 Å². The van der Waals surface area contributed by atoms with Crippen LogP contribution in [0.3, 0.4) is 0 Å². The Bertz CT molecular complexity index is 811. The molecule has 2 aromatic rings. The fourth-order valence-electron chi connectivity index (χ4n) is 3.43. The first kappa shape index (κ1) is 16.2. The van der Waals surface area contributed by atoms with Gasteiger partial charge in [0.1, 0.15) is 4.90 Å². The van der Waals surface area contributed by atoms with Gasteiger partial charge < -0.3 is 0 Å². The summed E-state index contributed by atoms with van der Waals surface area (Å²) in [5.41, 5.74) is 3.08. The summed E-state index contributed by atoms with van der Waals surface area (Å²) in [5, 5.41) is 4.18. The quantitative estimate of drug-likeness (QED) is 0.864. The Morgan fingerprint density at radius 3 is 2.78 bits per heavy atom. The number of aromatic nitrogens is 2. The number of rotatable bonds is 4. The van der Waals surface area contributed by atoms with Gasteiger partial charge in [0.25, 0.3) is 0 Å². The minimum Gasteiger partial charge on any atom is -0.269 e. The Kier molecular flexibility index (Phi) is 4.29. The number of benzene rings is 1. The monoisotopic (exact) mass is 333 g/mol. The maximum Gasteiger partial charge on any atom is 0.246 e. The zero-order valence-electron chi connectivity index (χ0n) is 13.9. The molecule has 0 fully saturated rings. The normalized spacial score (nSPS) is 18.2. The van der Waals surface area contributed by atoms with Crippen molar-refractivity contribution in [2.75, 3.05) is 7.05 Å². The number of hydrogen-bond acceptors (Lipinski definition) is 3. The van der Waals surface area contributed by atoms with Crippen molar-refractivity contribution >= 4 is 10.0 Å². The molecule has 23 heavy (non-hydrogen) atoms. The molecule has 1 aliphatic carbocycles. The molecule has 0 bridgehead atoms. The van der Waals surface area contributed by atoms with Crippen molar-refractivity contribution in [3.05, 3.63) is 47.3 Å². The summed E-state index contributed by atoms with van der Waals surface area (Å²) >= 11 is 0. The van der Waals surface area contributed by atoms with E-state index in [1.807, 2.05) is 32.0 Å². The molecule has 0 radical (unpaired) electrons. The van der Waals surface area contributed by atoms with Crippen molar-refractivity contribution in [1.82, 2.24) is 14.1 Å². The first-order valence-electron chi connectivity index (χ1n) is 8.05. The van der Waals surface area contributed by atoms with Crippen LogP contribution < -0.4 is 0 Å². The van der Waals surface area contributed by atoms with E-state index in [-0.39, 0.29) is 6.04 Å². The van der Waals surface area contributed by atoms with E-state index in [2.05, 4.69) is 11.2 Å². The second kappa shape index (κ2) is 6.09. The SMILES string of the molecule is CCn1ncc(S(=O)(=O)N(C)[C@@H]2CCCc3ccccc32)c1C. The predicted molar refractivity (Wildman–Crippen MR) is 89.7 cm³/mol. The van der Waals surface area contributed by atoms with E-state index < -0.39 is 10.0 Å². The molecule has 0 saturated heterocycles. The molecule has 0 N–H and O–H groups in total. The summed E-state index contributed by atoms with van der Waals surface area (Å²) in [4.78, 5) is 0.310. The maximum atomic E-state index is 13.1. The van der Waals surface area contributed by atoms with E-state index in [1.165, 1.54) is 16.1 Å². The highest BCUT2D eigenvalue weighted by Gasteiger charge is 2.33. The van der Waals surface area contributed by atoms with Gasteiger partial charge in [0.2, 0.25) is 10.0 Å². The van der Waals surface area contributed by atoms with E-state index in [0.717, 1.165) is 24.8 Å². The molecule has 3 rings (SSSR count). The lowest BCUT2D eigenvalue weighted by Crippen LogP contribution is -2.33. The molecule has 0 spiro atoms. The van der Waals surface area contributed by atoms with E-state index in [4.69, 9.17) is 0 Å². The number of sulfonamides is 1. The van der Waals surface area contributed by atoms with E-state index >= 15 is 0 Å². The molecule has 1 heterocycles. The lowest BCUT2D eigenvalue weighted by molar-refractivity contribution is 0.337. The average Bonchev–Trinajstić information content (AvgIpc) is 2.95. The summed E-state index contributed by atoms with van der Waals surface area (Å²) in [6, 6.07) is 8.05. The molecular formula is C17H23N3O2S. The van der Waals surface area contributed by atoms with Gasteiger partial charge >= 0.3 is 0 Å². The Morgan fingerprint density at radius 2 is 2.09 bits per heavy atom. The van der Waals surface area contributed by atoms with Crippen LogP contribution in [0.4, 0.5) is 0 Å². The molecular weight excluding hydrogens is 310 g/mol. The number of nitrogens with zero attached hydrogens (tertiary/aromatic N) is 3. The van der Waals surface area contributed by atoms with Crippen LogP contribution in [0.25, 0.3) is 0 Å². The molecule has 1 aromatic carbocycles. The standard InChI is InChI=1S/C17H23N3O2S/c1-4-20-13(2)17(12-18-20)23(21,22)19(3)16-11-7-9-14-8-5-6-10-15(14)16/h5-6,8,10,12,16H,4,7,9,11H2,1-3H3/t16-/m1/s1. The van der Waals surface area contributed by atoms with Crippen LogP contribution in [0.1, 0.15) is 42.6 Å². The minimum atomic E-state index is -3.55. The maximum absolute atomic E-state index is 13.1. The van der Waals surface area contributed by atoms with Gasteiger partial charge in [-0.2, -0.15) is 9.40 Å². The van der Waals surface area contributed by atoms with E-state index in [1.54, 1.807) is 11.7 Å². The van der Waals surface area contributed by atoms with Crippen LogP contribution in [0, 0.1) is 6.92 Å². The highest BCUT2D eigenvalue weighted by Crippen LogP contribution is 2.36. The van der Waals surface area contributed by atoms with Crippen molar-refractivity contribution in [1.29, 1.82) is 0 Å². The molecule has 0 unspecified atom stereocenters. The zero-order valence-corrected chi connectivity index (χ0v) is 14.7. The molecule has 1 aliphatic rings. The summed E-state index contributed by atoms with van der Waals surface area (Å²) in [6.45, 7) is 4.43. The third-order valence-corrected chi connectivity index (χ3v) is 6.76. The van der Waals surface area contributed by atoms with Gasteiger partial charge in [0.15, 0.2) is 0 Å². The molecule has 1 atom stereocenters. The molecule has 1 aromatic heterocycles. The first-order chi connectivity index (χ1) is 11.0. The minimum absolute atomic E-state index is 0.102. The van der Waals surface area contributed by atoms with Gasteiger partial charge in [-0.05, 0) is 44.2 Å². The molecule has 0 aliphatic heterocycles. The number of aryl methyl sites for hydroxylation is 2. The summed E-state index contributed by atoms with van der Waals surface area (Å²) in [7, 11) is -1.87. The van der Waals surface area contributed by atoms with Crippen LogP contribution >= 0.6 is 0 Å². The smallest absolute Gasteiger partial charge is 0.246 e. The van der Waals surface area contributed by atoms with Crippen LogP contribution in [-0.4, -0.2) is 29.6 Å². The van der Waals surface area contributed by atoms with Crippen molar-refractivity contribution in [3.8, 4) is 0 Å². The lowest BCUT2D eigenvalue weighted by atomic mass is 9.88. The van der Waals surface area contributed by atoms with Crippen LogP contribution in [0.15, 0.2) is 35.4 Å². The van der Waals surface area contributed by atoms with Crippen molar-refractivity contribution in [2.45, 2.75) is 50.6 Å². The molecule has 5 nitrogen and oxygen atoms in total. The highest BCUT2D eigenvalue weighted by molar-refractivity contribution is 7.89. The van der Waals surface area contributed by atoms with E-state index in [9.17, 15) is 8.42 Å². The van der Waals surface area contributed by atoms with Crippen molar-refractivity contribution in [2.24, 2.45) is 0 Å². The predicted octanol–water partition coefficient (Wildman–Crippen LogP) is 2.91. The largest absolute Gasteiger partial charge is 0.269 e. The van der Waals surface area contributed by atoms with Gasteiger partial charge in [-0.3, -0.25) is 4.68 Å². The molecule has 0 amide bonds. The molecule has 124 valence electrons. The third kappa shape index (κ3) is 2.70. The number of fused-ring (bicyclic) bond motifs is 1. The van der Waals surface area contributed by atoms with Gasteiger partial charge in [-0.1, -0.05) is 24.3 Å². The second-order valence-electron chi connectivity index (χ2n) is 6.04. The summed E-state index contributed by atoms with van der Waals surface area (Å²) in [5.74, 6) is 0. The Labute approximate surface area is 138 Å². The Balaban J connectivity index is 2.00. The fraction of sp³-hybridized carbons (Fsp3) is 0.471. The van der Waals surface area contributed by atoms with Gasteiger partial charge in [-0.25, -0.2) is 8.42 Å². The molecule has 6 heteroatoms. The lowest BCUT2D eigenvalue weighted by Gasteiger charge is -2.32. The summed E-state index contributed by atoms with van der Waals surface area (Å²) in [6.07, 6.45) is 4.36. The Morgan fingerprint density at radius 1 is 1.35 bits per heavy atom. The fourth-order valence-corrected chi connectivity index (χ4v) is 4.95. The zero-order chi connectivity index (χ0) is 16.6. The van der Waals surface area contributed by atoms with Crippen LogP contribution in [-0.2, 0) is 23.0 Å². The van der Waals surface area contributed by atoms with Crippen molar-refractivity contribution < 1.29 is 8.42 Å². The molecule has 0 saturated carbocycles. The topological polar surface area (TPSA) is 55.2 Å². The average molecular weight is 333 g/mol. The number of hydrogen-bond donors (Lipinski definition) is 0. The second-order valence-corrected chi connectivity index (χ2v) is 8.00. The van der Waals surface area contributed by atoms with Gasteiger partial charge in [0.05, 0.1) is 11.9 Å². The first-order valence-corrected chi connectivity index (χ1v) is 9.49. The van der Waals surface area contributed by atoms with Crippen molar-refractivity contribution in [3.63, 3.8) is 0 Å². The van der Waals surface area contributed by atoms with E-state index in [0.29, 0.717) is 17.1 Å². The third-order valence-electron chi connectivity index (χ3n) is 4.79. The van der Waals surface area contributed by atoms with Gasteiger partial charge in [-0.15, -0.1) is 0 Å². The highest BCUT2D eigenvalue weighted by atomic mass is 32.2. The van der Waals surface area contributed by atoms with Crippen LogP contribution in [0.5, 0.6) is 0 Å². The Hall–Kier alpha value is -1.66. The van der Waals surface area contributed by atoms with Crippen LogP contribution in [0.2, 0.25) is 0 Å². The summed E-state index contributed by atoms with van der Waals surface area (Å²) < 4.78 is 29.4.